The number of alkyl halides is 3. The number of benzene rings is 1. The van der Waals surface area contributed by atoms with Crippen molar-refractivity contribution in [1.82, 2.24) is 0 Å². The minimum atomic E-state index is -4.41. The minimum Gasteiger partial charge on any atom is -0.478 e. The van der Waals surface area contributed by atoms with Gasteiger partial charge < -0.3 is 9.52 Å². The summed E-state index contributed by atoms with van der Waals surface area (Å²) in [5.41, 5.74) is -0.336. The van der Waals surface area contributed by atoms with Crippen LogP contribution in [0.4, 0.5) is 13.2 Å². The second-order valence-corrected chi connectivity index (χ2v) is 4.92. The highest BCUT2D eigenvalue weighted by Crippen LogP contribution is 2.33. The lowest BCUT2D eigenvalue weighted by atomic mass is 10.1. The van der Waals surface area contributed by atoms with Gasteiger partial charge in [-0.2, -0.15) is 13.2 Å². The van der Waals surface area contributed by atoms with Crippen LogP contribution in [0.1, 0.15) is 41.4 Å². The molecule has 3 nitrogen and oxygen atoms in total. The van der Waals surface area contributed by atoms with E-state index in [1.807, 2.05) is 0 Å². The molecule has 0 unspecified atom stereocenters. The van der Waals surface area contributed by atoms with Crippen LogP contribution in [0.2, 0.25) is 0 Å². The van der Waals surface area contributed by atoms with Crippen molar-refractivity contribution in [1.29, 1.82) is 0 Å². The van der Waals surface area contributed by atoms with Gasteiger partial charge in [-0.05, 0) is 18.2 Å². The third-order valence-electron chi connectivity index (χ3n) is 3.01. The Bertz CT molecular complexity index is 652. The van der Waals surface area contributed by atoms with Gasteiger partial charge >= 0.3 is 12.1 Å². The predicted octanol–water partition coefficient (Wildman–Crippen LogP) is 4.79. The number of hydrogen-bond donors (Lipinski definition) is 1. The van der Waals surface area contributed by atoms with E-state index in [9.17, 15) is 18.0 Å². The Morgan fingerprint density at radius 2 is 1.76 bits per heavy atom. The van der Waals surface area contributed by atoms with E-state index in [0.29, 0.717) is 11.3 Å². The molecule has 0 amide bonds. The van der Waals surface area contributed by atoms with Crippen molar-refractivity contribution in [3.63, 3.8) is 0 Å². The molecule has 1 N–H and O–H groups in total. The first-order valence-electron chi connectivity index (χ1n) is 6.25. The zero-order chi connectivity index (χ0) is 15.8. The summed E-state index contributed by atoms with van der Waals surface area (Å²) in [5.74, 6) is -0.720. The number of furan rings is 1. The van der Waals surface area contributed by atoms with E-state index >= 15 is 0 Å². The monoisotopic (exact) mass is 298 g/mol. The largest absolute Gasteiger partial charge is 0.478 e. The van der Waals surface area contributed by atoms with Crippen molar-refractivity contribution < 1.29 is 27.5 Å². The number of carbonyl (C=O) groups is 1. The van der Waals surface area contributed by atoms with Gasteiger partial charge in [-0.1, -0.05) is 26.0 Å². The van der Waals surface area contributed by atoms with Crippen molar-refractivity contribution in [2.45, 2.75) is 25.9 Å². The summed E-state index contributed by atoms with van der Waals surface area (Å²) in [4.78, 5) is 11.1. The highest BCUT2D eigenvalue weighted by atomic mass is 19.4. The molecule has 21 heavy (non-hydrogen) atoms. The molecule has 6 heteroatoms. The zero-order valence-electron chi connectivity index (χ0n) is 11.4. The van der Waals surface area contributed by atoms with Gasteiger partial charge in [0.25, 0.3) is 0 Å². The van der Waals surface area contributed by atoms with Crippen LogP contribution in [0.3, 0.4) is 0 Å². The Morgan fingerprint density at radius 3 is 2.14 bits per heavy atom. The van der Waals surface area contributed by atoms with E-state index in [2.05, 4.69) is 0 Å². The minimum absolute atomic E-state index is 0.0277. The molecule has 0 saturated carbocycles. The fourth-order valence-corrected chi connectivity index (χ4v) is 1.97. The molecule has 1 heterocycles. The second-order valence-electron chi connectivity index (χ2n) is 4.92. The molecule has 0 aliphatic heterocycles. The molecule has 0 aliphatic rings. The first-order chi connectivity index (χ1) is 9.70. The molecule has 0 fully saturated rings. The van der Waals surface area contributed by atoms with Crippen LogP contribution in [0.25, 0.3) is 11.3 Å². The van der Waals surface area contributed by atoms with Crippen LogP contribution < -0.4 is 0 Å². The number of carboxylic acids is 1. The molecule has 1 aromatic carbocycles. The van der Waals surface area contributed by atoms with E-state index < -0.39 is 17.7 Å². The lowest BCUT2D eigenvalue weighted by Gasteiger charge is -2.06. The molecule has 0 bridgehead atoms. The van der Waals surface area contributed by atoms with Gasteiger partial charge in [0.05, 0.1) is 5.56 Å². The van der Waals surface area contributed by atoms with Gasteiger partial charge in [-0.3, -0.25) is 0 Å². The van der Waals surface area contributed by atoms with Gasteiger partial charge in [-0.25, -0.2) is 4.79 Å². The topological polar surface area (TPSA) is 50.4 Å². The van der Waals surface area contributed by atoms with E-state index in [-0.39, 0.29) is 17.2 Å². The van der Waals surface area contributed by atoms with Crippen LogP contribution in [0.5, 0.6) is 0 Å². The smallest absolute Gasteiger partial charge is 0.416 e. The summed E-state index contributed by atoms with van der Waals surface area (Å²) in [7, 11) is 0. The van der Waals surface area contributed by atoms with E-state index in [0.717, 1.165) is 12.1 Å². The van der Waals surface area contributed by atoms with Crippen molar-refractivity contribution in [2.75, 3.05) is 0 Å². The molecule has 0 saturated heterocycles. The standard InChI is InChI=1S/C15H13F3O3/c1-8(2)13-11(14(19)20)7-12(21-13)9-3-5-10(6-4-9)15(16,17)18/h3-8H,1-2H3,(H,19,20). The van der Waals surface area contributed by atoms with E-state index in [4.69, 9.17) is 9.52 Å². The highest BCUT2D eigenvalue weighted by Gasteiger charge is 2.30. The Kier molecular flexibility index (Phi) is 3.80. The SMILES string of the molecule is CC(C)c1oc(-c2ccc(C(F)(F)F)cc2)cc1C(=O)O. The average Bonchev–Trinajstić information content (AvgIpc) is 2.83. The average molecular weight is 298 g/mol. The fourth-order valence-electron chi connectivity index (χ4n) is 1.97. The molecule has 2 aromatic rings. The molecule has 0 radical (unpaired) electrons. The fraction of sp³-hybridized carbons (Fsp3) is 0.267. The maximum absolute atomic E-state index is 12.5. The maximum Gasteiger partial charge on any atom is 0.416 e. The molecule has 0 aliphatic carbocycles. The lowest BCUT2D eigenvalue weighted by Crippen LogP contribution is -2.03. The summed E-state index contributed by atoms with van der Waals surface area (Å²) in [6.07, 6.45) is -4.41. The van der Waals surface area contributed by atoms with Gasteiger partial charge in [0.1, 0.15) is 17.1 Å². The highest BCUT2D eigenvalue weighted by molar-refractivity contribution is 5.90. The van der Waals surface area contributed by atoms with Crippen LogP contribution in [-0.2, 0) is 6.18 Å². The molecular formula is C15H13F3O3. The number of rotatable bonds is 3. The van der Waals surface area contributed by atoms with Crippen LogP contribution in [-0.4, -0.2) is 11.1 Å². The van der Waals surface area contributed by atoms with Crippen LogP contribution in [0, 0.1) is 0 Å². The predicted molar refractivity (Wildman–Crippen MR) is 70.2 cm³/mol. The Labute approximate surface area is 119 Å². The number of aromatic carboxylic acids is 1. The summed E-state index contributed by atoms with van der Waals surface area (Å²) in [5, 5.41) is 9.12. The second kappa shape index (κ2) is 5.27. The molecule has 112 valence electrons. The summed E-state index contributed by atoms with van der Waals surface area (Å²) in [6, 6.07) is 5.73. The first kappa shape index (κ1) is 15.2. The van der Waals surface area contributed by atoms with Crippen molar-refractivity contribution >= 4 is 5.97 Å². The first-order valence-corrected chi connectivity index (χ1v) is 6.25. The maximum atomic E-state index is 12.5. The number of halogens is 3. The number of carboxylic acid groups (broad SMARTS) is 1. The third kappa shape index (κ3) is 3.09. The van der Waals surface area contributed by atoms with E-state index in [1.165, 1.54) is 18.2 Å². The quantitative estimate of drug-likeness (QED) is 0.886. The Morgan fingerprint density at radius 1 is 1.19 bits per heavy atom. The van der Waals surface area contributed by atoms with Crippen LogP contribution >= 0.6 is 0 Å². The van der Waals surface area contributed by atoms with Gasteiger partial charge in [0.15, 0.2) is 0 Å². The van der Waals surface area contributed by atoms with Gasteiger partial charge in [-0.15, -0.1) is 0 Å². The summed E-state index contributed by atoms with van der Waals surface area (Å²) >= 11 is 0. The molecule has 2 rings (SSSR count). The van der Waals surface area contributed by atoms with Crippen molar-refractivity contribution in [3.8, 4) is 11.3 Å². The number of hydrogen-bond acceptors (Lipinski definition) is 2. The summed E-state index contributed by atoms with van der Waals surface area (Å²) in [6.45, 7) is 3.56. The van der Waals surface area contributed by atoms with Crippen molar-refractivity contribution in [3.05, 3.63) is 47.2 Å². The van der Waals surface area contributed by atoms with E-state index in [1.54, 1.807) is 13.8 Å². The molecule has 1 aromatic heterocycles. The van der Waals surface area contributed by atoms with Gasteiger partial charge in [0, 0.05) is 11.5 Å². The third-order valence-corrected chi connectivity index (χ3v) is 3.01. The molecule has 0 atom stereocenters. The van der Waals surface area contributed by atoms with Gasteiger partial charge in [0.2, 0.25) is 0 Å². The van der Waals surface area contributed by atoms with Crippen LogP contribution in [0.15, 0.2) is 34.7 Å². The normalized spacial score (nSPS) is 11.9. The lowest BCUT2D eigenvalue weighted by molar-refractivity contribution is -0.137. The Hall–Kier alpha value is -2.24. The summed E-state index contributed by atoms with van der Waals surface area (Å²) < 4.78 is 43.0. The molecular weight excluding hydrogens is 285 g/mol. The molecule has 0 spiro atoms. The Balaban J connectivity index is 2.43. The van der Waals surface area contributed by atoms with Crippen molar-refractivity contribution in [2.24, 2.45) is 0 Å². The zero-order valence-corrected chi connectivity index (χ0v) is 11.4.